The topological polar surface area (TPSA) is 153 Å². The molecule has 21 heavy (non-hydrogen) atoms. The fourth-order valence-corrected chi connectivity index (χ4v) is 3.47. The maximum atomic E-state index is 12.3. The van der Waals surface area contributed by atoms with Crippen molar-refractivity contribution in [3.8, 4) is 0 Å². The van der Waals surface area contributed by atoms with E-state index in [0.717, 1.165) is 12.1 Å². The molecule has 8 nitrogen and oxygen atoms in total. The van der Waals surface area contributed by atoms with Gasteiger partial charge in [0.15, 0.2) is 0 Å². The van der Waals surface area contributed by atoms with E-state index in [-0.39, 0.29) is 12.1 Å². The fraction of sp³-hybridized carbons (Fsp3) is 0.333. The van der Waals surface area contributed by atoms with Gasteiger partial charge in [-0.2, -0.15) is 0 Å². The van der Waals surface area contributed by atoms with Crippen molar-refractivity contribution in [1.29, 1.82) is 0 Å². The molecule has 0 saturated heterocycles. The molecule has 6 N–H and O–H groups in total. The molecule has 0 heterocycles. The standard InChI is InChI=1S/C12H17N3O5S/c1-12(2,6-10(14)16)15-21(19,20)9-5-7(13)3-4-8(9)11(17)18/h3-5,15H,6,13H2,1-2H3,(H2,14,16)(H,17,18). The highest BCUT2D eigenvalue weighted by molar-refractivity contribution is 7.89. The summed E-state index contributed by atoms with van der Waals surface area (Å²) in [6, 6.07) is 3.44. The van der Waals surface area contributed by atoms with E-state index in [1.54, 1.807) is 0 Å². The number of anilines is 1. The van der Waals surface area contributed by atoms with E-state index in [1.165, 1.54) is 19.9 Å². The number of nitrogens with two attached hydrogens (primary N) is 2. The number of aromatic carboxylic acids is 1. The van der Waals surface area contributed by atoms with Crippen LogP contribution >= 0.6 is 0 Å². The number of carbonyl (C=O) groups excluding carboxylic acids is 1. The van der Waals surface area contributed by atoms with Crippen LogP contribution in [0.3, 0.4) is 0 Å². The molecule has 116 valence electrons. The quantitative estimate of drug-likeness (QED) is 0.538. The zero-order valence-electron chi connectivity index (χ0n) is 11.6. The summed E-state index contributed by atoms with van der Waals surface area (Å²) in [6.07, 6.45) is -0.239. The van der Waals surface area contributed by atoms with Gasteiger partial charge in [0.2, 0.25) is 15.9 Å². The summed E-state index contributed by atoms with van der Waals surface area (Å²) in [6.45, 7) is 2.92. The van der Waals surface area contributed by atoms with Crippen molar-refractivity contribution < 1.29 is 23.1 Å². The first kappa shape index (κ1) is 16.9. The number of carboxylic acid groups (broad SMARTS) is 1. The Morgan fingerprint density at radius 1 is 1.33 bits per heavy atom. The first-order valence-electron chi connectivity index (χ1n) is 5.90. The highest BCUT2D eigenvalue weighted by atomic mass is 32.2. The van der Waals surface area contributed by atoms with Crippen LogP contribution < -0.4 is 16.2 Å². The van der Waals surface area contributed by atoms with Crippen molar-refractivity contribution in [2.45, 2.75) is 30.7 Å². The van der Waals surface area contributed by atoms with Crippen LogP contribution in [0.4, 0.5) is 5.69 Å². The summed E-state index contributed by atoms with van der Waals surface area (Å²) in [5, 5.41) is 9.06. The molecule has 0 aliphatic carbocycles. The summed E-state index contributed by atoms with van der Waals surface area (Å²) >= 11 is 0. The number of sulfonamides is 1. The van der Waals surface area contributed by atoms with Crippen LogP contribution in [0, 0.1) is 0 Å². The van der Waals surface area contributed by atoms with Gasteiger partial charge in [0, 0.05) is 17.6 Å². The number of rotatable bonds is 6. The zero-order valence-corrected chi connectivity index (χ0v) is 12.4. The molecule has 0 bridgehead atoms. The molecule has 1 rings (SSSR count). The molecule has 0 saturated carbocycles. The molecule has 1 aromatic carbocycles. The van der Waals surface area contributed by atoms with Crippen LogP contribution in [0.2, 0.25) is 0 Å². The van der Waals surface area contributed by atoms with Crippen molar-refractivity contribution in [3.63, 3.8) is 0 Å². The number of amides is 1. The molecular formula is C12H17N3O5S. The number of benzene rings is 1. The predicted molar refractivity (Wildman–Crippen MR) is 76.0 cm³/mol. The number of carbonyl (C=O) groups is 2. The summed E-state index contributed by atoms with van der Waals surface area (Å²) in [5.74, 6) is -2.09. The van der Waals surface area contributed by atoms with E-state index in [1.807, 2.05) is 0 Å². The molecular weight excluding hydrogens is 298 g/mol. The number of hydrogen-bond donors (Lipinski definition) is 4. The van der Waals surface area contributed by atoms with Gasteiger partial charge in [-0.05, 0) is 32.0 Å². The van der Waals surface area contributed by atoms with E-state index in [0.29, 0.717) is 0 Å². The van der Waals surface area contributed by atoms with Gasteiger partial charge in [0.25, 0.3) is 0 Å². The van der Waals surface area contributed by atoms with E-state index in [4.69, 9.17) is 16.6 Å². The molecule has 0 radical (unpaired) electrons. The number of nitrogens with one attached hydrogen (secondary N) is 1. The molecule has 0 fully saturated rings. The van der Waals surface area contributed by atoms with Gasteiger partial charge in [0.1, 0.15) is 0 Å². The minimum absolute atomic E-state index is 0.105. The number of primary amides is 1. The number of hydrogen-bond acceptors (Lipinski definition) is 5. The Labute approximate surface area is 122 Å². The molecule has 1 amide bonds. The molecule has 0 spiro atoms. The lowest BCUT2D eigenvalue weighted by Gasteiger charge is -2.24. The Morgan fingerprint density at radius 3 is 2.38 bits per heavy atom. The summed E-state index contributed by atoms with van der Waals surface area (Å²) < 4.78 is 26.9. The maximum Gasteiger partial charge on any atom is 0.337 e. The monoisotopic (exact) mass is 315 g/mol. The second-order valence-corrected chi connectivity index (χ2v) is 6.84. The minimum Gasteiger partial charge on any atom is -0.478 e. The Bertz CT molecular complexity index is 682. The molecule has 0 unspecified atom stereocenters. The van der Waals surface area contributed by atoms with Gasteiger partial charge in [-0.25, -0.2) is 17.9 Å². The second kappa shape index (κ2) is 5.70. The van der Waals surface area contributed by atoms with E-state index >= 15 is 0 Å². The normalized spacial score (nSPS) is 12.1. The predicted octanol–water partition coefficient (Wildman–Crippen LogP) is -0.101. The Morgan fingerprint density at radius 2 is 1.90 bits per heavy atom. The van der Waals surface area contributed by atoms with Crippen LogP contribution in [0.15, 0.2) is 23.1 Å². The van der Waals surface area contributed by atoms with Gasteiger partial charge >= 0.3 is 5.97 Å². The number of carboxylic acids is 1. The lowest BCUT2D eigenvalue weighted by Crippen LogP contribution is -2.46. The van der Waals surface area contributed by atoms with Gasteiger partial charge in [-0.15, -0.1) is 0 Å². The van der Waals surface area contributed by atoms with E-state index in [2.05, 4.69) is 4.72 Å². The van der Waals surface area contributed by atoms with Gasteiger partial charge < -0.3 is 16.6 Å². The SMILES string of the molecule is CC(C)(CC(N)=O)NS(=O)(=O)c1cc(N)ccc1C(=O)O. The highest BCUT2D eigenvalue weighted by Crippen LogP contribution is 2.22. The van der Waals surface area contributed by atoms with Gasteiger partial charge in [-0.1, -0.05) is 0 Å². The number of nitrogen functional groups attached to an aromatic ring is 1. The molecule has 0 aromatic heterocycles. The van der Waals surface area contributed by atoms with Gasteiger partial charge in [-0.3, -0.25) is 4.79 Å². The van der Waals surface area contributed by atoms with Crippen molar-refractivity contribution in [2.24, 2.45) is 5.73 Å². The van der Waals surface area contributed by atoms with Crippen molar-refractivity contribution in [2.75, 3.05) is 5.73 Å². The lowest BCUT2D eigenvalue weighted by atomic mass is 10.0. The summed E-state index contributed by atoms with van der Waals surface area (Å²) in [4.78, 5) is 21.6. The Hall–Kier alpha value is -2.13. The maximum absolute atomic E-state index is 12.3. The third-order valence-corrected chi connectivity index (χ3v) is 4.29. The smallest absolute Gasteiger partial charge is 0.337 e. The molecule has 0 aliphatic rings. The van der Waals surface area contributed by atoms with Crippen LogP contribution in [-0.2, 0) is 14.8 Å². The third-order valence-electron chi connectivity index (χ3n) is 2.55. The van der Waals surface area contributed by atoms with Crippen molar-refractivity contribution in [1.82, 2.24) is 4.72 Å². The largest absolute Gasteiger partial charge is 0.478 e. The Kier molecular flexibility index (Phi) is 4.59. The first-order valence-corrected chi connectivity index (χ1v) is 7.38. The van der Waals surface area contributed by atoms with Crippen LogP contribution in [0.25, 0.3) is 0 Å². The minimum atomic E-state index is -4.18. The molecule has 9 heteroatoms. The van der Waals surface area contributed by atoms with E-state index in [9.17, 15) is 18.0 Å². The average Bonchev–Trinajstić information content (AvgIpc) is 2.24. The molecule has 0 aliphatic heterocycles. The Balaban J connectivity index is 3.28. The summed E-state index contributed by atoms with van der Waals surface area (Å²) in [5.41, 5.74) is 9.09. The highest BCUT2D eigenvalue weighted by Gasteiger charge is 2.30. The third kappa shape index (κ3) is 4.43. The van der Waals surface area contributed by atoms with Crippen LogP contribution in [0.1, 0.15) is 30.6 Å². The van der Waals surface area contributed by atoms with Gasteiger partial charge in [0.05, 0.1) is 10.5 Å². The molecule has 0 atom stereocenters. The first-order chi connectivity index (χ1) is 9.44. The van der Waals surface area contributed by atoms with E-state index < -0.39 is 37.9 Å². The lowest BCUT2D eigenvalue weighted by molar-refractivity contribution is -0.119. The second-order valence-electron chi connectivity index (χ2n) is 5.19. The summed E-state index contributed by atoms with van der Waals surface area (Å²) in [7, 11) is -4.18. The van der Waals surface area contributed by atoms with Crippen LogP contribution in [-0.4, -0.2) is 30.9 Å². The molecule has 1 aromatic rings. The average molecular weight is 315 g/mol. The van der Waals surface area contributed by atoms with Crippen molar-refractivity contribution in [3.05, 3.63) is 23.8 Å². The van der Waals surface area contributed by atoms with Crippen molar-refractivity contribution >= 4 is 27.6 Å². The van der Waals surface area contributed by atoms with Crippen LogP contribution in [0.5, 0.6) is 0 Å². The fourth-order valence-electron chi connectivity index (χ4n) is 1.83. The zero-order chi connectivity index (χ0) is 16.4.